The molecule has 0 saturated heterocycles. The second kappa shape index (κ2) is 6.02. The van der Waals surface area contributed by atoms with Gasteiger partial charge in [0.05, 0.1) is 0 Å². The van der Waals surface area contributed by atoms with E-state index in [0.717, 1.165) is 18.0 Å². The lowest BCUT2D eigenvalue weighted by atomic mass is 10.2. The van der Waals surface area contributed by atoms with Crippen molar-refractivity contribution in [3.63, 3.8) is 0 Å². The fourth-order valence-electron chi connectivity index (χ4n) is 1.23. The lowest BCUT2D eigenvalue weighted by Gasteiger charge is -2.12. The zero-order chi connectivity index (χ0) is 10.4. The summed E-state index contributed by atoms with van der Waals surface area (Å²) in [6, 6.07) is 8.11. The van der Waals surface area contributed by atoms with Gasteiger partial charge in [-0.3, -0.25) is 0 Å². The maximum atomic E-state index is 8.72. The van der Waals surface area contributed by atoms with Gasteiger partial charge >= 0.3 is 0 Å². The summed E-state index contributed by atoms with van der Waals surface area (Å²) in [5.41, 5.74) is 1.17. The predicted octanol–water partition coefficient (Wildman–Crippen LogP) is 2.20. The van der Waals surface area contributed by atoms with Crippen molar-refractivity contribution in [3.8, 4) is 0 Å². The maximum absolute atomic E-state index is 8.72. The van der Waals surface area contributed by atoms with Gasteiger partial charge < -0.3 is 10.4 Å². The van der Waals surface area contributed by atoms with Gasteiger partial charge in [0, 0.05) is 24.2 Å². The van der Waals surface area contributed by atoms with Crippen LogP contribution < -0.4 is 5.32 Å². The Bertz CT molecular complexity index is 278. The van der Waals surface area contributed by atoms with E-state index < -0.39 is 0 Å². The summed E-state index contributed by atoms with van der Waals surface area (Å²) in [7, 11) is 0. The number of rotatable bonds is 5. The lowest BCUT2D eigenvalue weighted by Crippen LogP contribution is -2.26. The molecule has 0 aromatic heterocycles. The quantitative estimate of drug-likeness (QED) is 0.786. The molecule has 0 amide bonds. The minimum absolute atomic E-state index is 0.226. The second-order valence-corrected chi connectivity index (χ2v) is 3.86. The highest BCUT2D eigenvalue weighted by molar-refractivity contribution is 6.30. The Balaban J connectivity index is 2.37. The Hall–Kier alpha value is -0.570. The third-order valence-corrected chi connectivity index (χ3v) is 2.34. The molecule has 0 fully saturated rings. The molecule has 0 aliphatic heterocycles. The van der Waals surface area contributed by atoms with Crippen LogP contribution >= 0.6 is 11.6 Å². The largest absolute Gasteiger partial charge is 0.396 e. The Morgan fingerprint density at radius 2 is 2.29 bits per heavy atom. The van der Waals surface area contributed by atoms with Crippen LogP contribution in [0.25, 0.3) is 0 Å². The van der Waals surface area contributed by atoms with Gasteiger partial charge in [-0.05, 0) is 31.0 Å². The molecule has 0 aliphatic rings. The molecule has 1 aromatic carbocycles. The first kappa shape index (κ1) is 11.5. The molecule has 0 heterocycles. The van der Waals surface area contributed by atoms with Crippen LogP contribution in [0.4, 0.5) is 0 Å². The van der Waals surface area contributed by atoms with Crippen molar-refractivity contribution in [2.75, 3.05) is 6.61 Å². The zero-order valence-corrected chi connectivity index (χ0v) is 9.09. The fraction of sp³-hybridized carbons (Fsp3) is 0.455. The van der Waals surface area contributed by atoms with Crippen LogP contribution in [-0.4, -0.2) is 17.8 Å². The van der Waals surface area contributed by atoms with E-state index in [9.17, 15) is 0 Å². The summed E-state index contributed by atoms with van der Waals surface area (Å²) in [5, 5.41) is 12.8. The number of aliphatic hydroxyl groups excluding tert-OH is 1. The zero-order valence-electron chi connectivity index (χ0n) is 8.33. The molecule has 2 nitrogen and oxygen atoms in total. The fourth-order valence-corrected chi connectivity index (χ4v) is 1.45. The van der Waals surface area contributed by atoms with Gasteiger partial charge in [0.15, 0.2) is 0 Å². The van der Waals surface area contributed by atoms with Crippen LogP contribution in [0, 0.1) is 0 Å². The van der Waals surface area contributed by atoms with Crippen molar-refractivity contribution in [3.05, 3.63) is 34.9 Å². The van der Waals surface area contributed by atoms with Gasteiger partial charge in [0.25, 0.3) is 0 Å². The molecule has 1 atom stereocenters. The minimum atomic E-state index is 0.226. The molecule has 14 heavy (non-hydrogen) atoms. The van der Waals surface area contributed by atoms with Crippen LogP contribution in [0.5, 0.6) is 0 Å². The molecule has 0 saturated carbocycles. The van der Waals surface area contributed by atoms with Crippen molar-refractivity contribution < 1.29 is 5.11 Å². The van der Waals surface area contributed by atoms with Crippen LogP contribution in [0.2, 0.25) is 5.02 Å². The average molecular weight is 214 g/mol. The standard InChI is InChI=1S/C11H16ClNO/c1-9(5-6-14)13-8-10-3-2-4-11(12)7-10/h2-4,7,9,13-14H,5-6,8H2,1H3/t9-/m1/s1. The smallest absolute Gasteiger partial charge is 0.0445 e. The Morgan fingerprint density at radius 3 is 2.93 bits per heavy atom. The molecule has 0 unspecified atom stereocenters. The second-order valence-electron chi connectivity index (χ2n) is 3.42. The number of hydrogen-bond acceptors (Lipinski definition) is 2. The molecule has 0 aliphatic carbocycles. The summed E-state index contributed by atoms with van der Waals surface area (Å²) >= 11 is 5.85. The third-order valence-electron chi connectivity index (χ3n) is 2.11. The summed E-state index contributed by atoms with van der Waals surface area (Å²) in [6.45, 7) is 3.08. The van der Waals surface area contributed by atoms with Crippen LogP contribution in [0.15, 0.2) is 24.3 Å². The van der Waals surface area contributed by atoms with Gasteiger partial charge in [0.2, 0.25) is 0 Å². The topological polar surface area (TPSA) is 32.3 Å². The molecule has 1 rings (SSSR count). The van der Waals surface area contributed by atoms with Gasteiger partial charge in [-0.25, -0.2) is 0 Å². The molecule has 0 bridgehead atoms. The molecule has 0 spiro atoms. The first-order chi connectivity index (χ1) is 6.72. The Kier molecular flexibility index (Phi) is 4.94. The highest BCUT2D eigenvalue weighted by Crippen LogP contribution is 2.10. The maximum Gasteiger partial charge on any atom is 0.0445 e. The SMILES string of the molecule is C[C@H](CCO)NCc1cccc(Cl)c1. The first-order valence-corrected chi connectivity index (χ1v) is 5.19. The molecule has 2 N–H and O–H groups in total. The van der Waals surface area contributed by atoms with Gasteiger partial charge in [-0.2, -0.15) is 0 Å². The van der Waals surface area contributed by atoms with E-state index in [0.29, 0.717) is 6.04 Å². The third kappa shape index (κ3) is 4.09. The predicted molar refractivity (Wildman–Crippen MR) is 59.5 cm³/mol. The van der Waals surface area contributed by atoms with Gasteiger partial charge in [-0.15, -0.1) is 0 Å². The number of nitrogens with one attached hydrogen (secondary N) is 1. The van der Waals surface area contributed by atoms with Crippen molar-refractivity contribution in [1.82, 2.24) is 5.32 Å². The van der Waals surface area contributed by atoms with Crippen LogP contribution in [0.1, 0.15) is 18.9 Å². The molecule has 1 aromatic rings. The van der Waals surface area contributed by atoms with Crippen molar-refractivity contribution >= 4 is 11.6 Å². The van der Waals surface area contributed by atoms with Crippen molar-refractivity contribution in [1.29, 1.82) is 0 Å². The average Bonchev–Trinajstić information content (AvgIpc) is 2.15. The van der Waals surface area contributed by atoms with Gasteiger partial charge in [-0.1, -0.05) is 23.7 Å². The lowest BCUT2D eigenvalue weighted by molar-refractivity contribution is 0.268. The Labute approximate surface area is 89.9 Å². The van der Waals surface area contributed by atoms with E-state index in [-0.39, 0.29) is 6.61 Å². The van der Waals surface area contributed by atoms with Crippen LogP contribution in [-0.2, 0) is 6.54 Å². The van der Waals surface area contributed by atoms with E-state index >= 15 is 0 Å². The van der Waals surface area contributed by atoms with E-state index in [1.807, 2.05) is 24.3 Å². The number of halogens is 1. The van der Waals surface area contributed by atoms with Gasteiger partial charge in [0.1, 0.15) is 0 Å². The normalized spacial score (nSPS) is 12.8. The minimum Gasteiger partial charge on any atom is -0.396 e. The molecular weight excluding hydrogens is 198 g/mol. The monoisotopic (exact) mass is 213 g/mol. The molecule has 0 radical (unpaired) electrons. The van der Waals surface area contributed by atoms with Crippen molar-refractivity contribution in [2.24, 2.45) is 0 Å². The molecular formula is C11H16ClNO. The first-order valence-electron chi connectivity index (χ1n) is 4.81. The molecule has 78 valence electrons. The summed E-state index contributed by atoms with van der Waals surface area (Å²) in [6.07, 6.45) is 0.778. The Morgan fingerprint density at radius 1 is 1.50 bits per heavy atom. The van der Waals surface area contributed by atoms with E-state index in [1.165, 1.54) is 5.56 Å². The summed E-state index contributed by atoms with van der Waals surface area (Å²) in [4.78, 5) is 0. The van der Waals surface area contributed by atoms with Crippen LogP contribution in [0.3, 0.4) is 0 Å². The van der Waals surface area contributed by atoms with E-state index in [1.54, 1.807) is 0 Å². The highest BCUT2D eigenvalue weighted by atomic mass is 35.5. The number of aliphatic hydroxyl groups is 1. The van der Waals surface area contributed by atoms with E-state index in [4.69, 9.17) is 16.7 Å². The molecule has 3 heteroatoms. The number of hydrogen-bond donors (Lipinski definition) is 2. The number of benzene rings is 1. The summed E-state index contributed by atoms with van der Waals surface area (Å²) in [5.74, 6) is 0. The van der Waals surface area contributed by atoms with Crippen molar-refractivity contribution in [2.45, 2.75) is 25.9 Å². The highest BCUT2D eigenvalue weighted by Gasteiger charge is 2.00. The van der Waals surface area contributed by atoms with E-state index in [2.05, 4.69) is 12.2 Å². The summed E-state index contributed by atoms with van der Waals surface area (Å²) < 4.78 is 0.